The van der Waals surface area contributed by atoms with Crippen LogP contribution in [0, 0.1) is 0 Å². The molecule has 14 heavy (non-hydrogen) atoms. The van der Waals surface area contributed by atoms with Gasteiger partial charge in [-0.3, -0.25) is 0 Å². The Hall–Kier alpha value is -1.28. The van der Waals surface area contributed by atoms with Crippen molar-refractivity contribution in [1.82, 2.24) is 0 Å². The molecule has 0 N–H and O–H groups in total. The number of oxime groups is 1. The summed E-state index contributed by atoms with van der Waals surface area (Å²) in [4.78, 5) is 5.14. The number of hydrogen-bond donors (Lipinski definition) is 0. The van der Waals surface area contributed by atoms with E-state index in [0.29, 0.717) is 5.02 Å². The van der Waals surface area contributed by atoms with Crippen molar-refractivity contribution >= 4 is 17.3 Å². The topological polar surface area (TPSA) is 21.6 Å². The fraction of sp³-hybridized carbons (Fsp3) is 0.182. The van der Waals surface area contributed by atoms with Crippen LogP contribution in [-0.2, 0) is 4.84 Å². The highest BCUT2D eigenvalue weighted by atomic mass is 35.5. The molecule has 1 aromatic rings. The van der Waals surface area contributed by atoms with E-state index in [1.165, 1.54) is 0 Å². The van der Waals surface area contributed by atoms with Gasteiger partial charge in [-0.2, -0.15) is 0 Å². The lowest BCUT2D eigenvalue weighted by Crippen LogP contribution is -2.04. The van der Waals surface area contributed by atoms with Gasteiger partial charge < -0.3 is 4.84 Å². The van der Waals surface area contributed by atoms with Gasteiger partial charge >= 0.3 is 0 Å². The summed E-state index contributed by atoms with van der Waals surface area (Å²) in [6.45, 7) is 3.66. The van der Waals surface area contributed by atoms with Gasteiger partial charge in [0, 0.05) is 17.0 Å². The Labute approximate surface area is 87.8 Å². The minimum absolute atomic E-state index is 0.00369. The average Bonchev–Trinajstić information content (AvgIpc) is 2.66. The zero-order valence-electron chi connectivity index (χ0n) is 7.61. The molecule has 3 heteroatoms. The quantitative estimate of drug-likeness (QED) is 0.684. The average molecular weight is 208 g/mol. The number of halogens is 1. The molecular weight excluding hydrogens is 198 g/mol. The molecule has 0 saturated carbocycles. The molecule has 0 saturated heterocycles. The van der Waals surface area contributed by atoms with E-state index < -0.39 is 0 Å². The van der Waals surface area contributed by atoms with Crippen LogP contribution in [0.15, 0.2) is 42.1 Å². The van der Waals surface area contributed by atoms with Crippen LogP contribution in [0.4, 0.5) is 0 Å². The van der Waals surface area contributed by atoms with Crippen LogP contribution in [0.2, 0.25) is 5.02 Å². The van der Waals surface area contributed by atoms with Crippen molar-refractivity contribution in [3.63, 3.8) is 0 Å². The molecule has 1 atom stereocenters. The maximum absolute atomic E-state index is 5.88. The van der Waals surface area contributed by atoms with Crippen molar-refractivity contribution in [3.8, 4) is 0 Å². The largest absolute Gasteiger partial charge is 0.388 e. The molecule has 0 unspecified atom stereocenters. The van der Waals surface area contributed by atoms with Crippen LogP contribution in [0.1, 0.15) is 12.0 Å². The lowest BCUT2D eigenvalue weighted by molar-refractivity contribution is 0.120. The number of hydrogen-bond acceptors (Lipinski definition) is 2. The molecule has 1 aromatic carbocycles. The highest BCUT2D eigenvalue weighted by Gasteiger charge is 2.18. The fourth-order valence-electron chi connectivity index (χ4n) is 1.36. The first-order valence-corrected chi connectivity index (χ1v) is 4.78. The molecule has 1 aliphatic heterocycles. The third kappa shape index (κ3) is 1.80. The summed E-state index contributed by atoms with van der Waals surface area (Å²) in [5, 5.41) is 4.70. The Kier molecular flexibility index (Phi) is 2.55. The maximum Gasteiger partial charge on any atom is 0.151 e. The number of nitrogens with zero attached hydrogens (tertiary/aromatic N) is 1. The summed E-state index contributed by atoms with van der Waals surface area (Å²) in [5.41, 5.74) is 1.94. The SMILES string of the molecule is C=C[C@H]1CC(c2cccc(Cl)c2)=NO1. The molecule has 1 aliphatic rings. The highest BCUT2D eigenvalue weighted by Crippen LogP contribution is 2.19. The van der Waals surface area contributed by atoms with Gasteiger partial charge in [0.25, 0.3) is 0 Å². The molecule has 0 radical (unpaired) electrons. The van der Waals surface area contributed by atoms with Crippen LogP contribution in [0.25, 0.3) is 0 Å². The molecule has 0 aromatic heterocycles. The van der Waals surface area contributed by atoms with Crippen molar-refractivity contribution < 1.29 is 4.84 Å². The van der Waals surface area contributed by atoms with E-state index in [-0.39, 0.29) is 6.10 Å². The first-order valence-electron chi connectivity index (χ1n) is 4.41. The third-order valence-electron chi connectivity index (χ3n) is 2.11. The second-order valence-electron chi connectivity index (χ2n) is 3.13. The first-order chi connectivity index (χ1) is 6.79. The zero-order chi connectivity index (χ0) is 9.97. The van der Waals surface area contributed by atoms with Gasteiger partial charge in [-0.05, 0) is 18.2 Å². The Morgan fingerprint density at radius 3 is 3.07 bits per heavy atom. The smallest absolute Gasteiger partial charge is 0.151 e. The van der Waals surface area contributed by atoms with E-state index in [9.17, 15) is 0 Å². The van der Waals surface area contributed by atoms with Crippen molar-refractivity contribution in [3.05, 3.63) is 47.5 Å². The van der Waals surface area contributed by atoms with Gasteiger partial charge in [-0.15, -0.1) is 0 Å². The standard InChI is InChI=1S/C11H10ClNO/c1-2-10-7-11(13-14-10)8-4-3-5-9(12)6-8/h2-6,10H,1,7H2/t10-/m0/s1. The highest BCUT2D eigenvalue weighted by molar-refractivity contribution is 6.31. The first kappa shape index (κ1) is 9.28. The van der Waals surface area contributed by atoms with Crippen LogP contribution >= 0.6 is 11.6 Å². The molecule has 0 fully saturated rings. The minimum atomic E-state index is 0.00369. The van der Waals surface area contributed by atoms with Gasteiger partial charge in [0.05, 0.1) is 5.71 Å². The third-order valence-corrected chi connectivity index (χ3v) is 2.35. The summed E-state index contributed by atoms with van der Waals surface area (Å²) in [7, 11) is 0. The van der Waals surface area contributed by atoms with E-state index in [4.69, 9.17) is 16.4 Å². The minimum Gasteiger partial charge on any atom is -0.388 e. The van der Waals surface area contributed by atoms with Gasteiger partial charge in [0.2, 0.25) is 0 Å². The Morgan fingerprint density at radius 2 is 2.43 bits per heavy atom. The summed E-state index contributed by atoms with van der Waals surface area (Å²) >= 11 is 5.88. The Bertz CT molecular complexity index is 387. The van der Waals surface area contributed by atoms with E-state index in [1.807, 2.05) is 24.3 Å². The summed E-state index contributed by atoms with van der Waals surface area (Å²) in [6.07, 6.45) is 2.52. The van der Waals surface area contributed by atoms with Crippen LogP contribution in [-0.4, -0.2) is 11.8 Å². The molecular formula is C11H10ClNO. The predicted octanol–water partition coefficient (Wildman–Crippen LogP) is 3.02. The molecule has 2 rings (SSSR count). The van der Waals surface area contributed by atoms with Crippen LogP contribution in [0.5, 0.6) is 0 Å². The van der Waals surface area contributed by atoms with Crippen LogP contribution < -0.4 is 0 Å². The normalized spacial score (nSPS) is 20.1. The van der Waals surface area contributed by atoms with Crippen molar-refractivity contribution in [2.45, 2.75) is 12.5 Å². The zero-order valence-corrected chi connectivity index (χ0v) is 8.37. The maximum atomic E-state index is 5.88. The van der Waals surface area contributed by atoms with E-state index in [0.717, 1.165) is 17.7 Å². The molecule has 1 heterocycles. The second-order valence-corrected chi connectivity index (χ2v) is 3.57. The van der Waals surface area contributed by atoms with Gasteiger partial charge in [0.15, 0.2) is 6.10 Å². The Morgan fingerprint density at radius 1 is 1.57 bits per heavy atom. The van der Waals surface area contributed by atoms with Gasteiger partial charge in [-0.1, -0.05) is 35.5 Å². The van der Waals surface area contributed by atoms with Gasteiger partial charge in [0.1, 0.15) is 0 Å². The molecule has 0 aliphatic carbocycles. The number of benzene rings is 1. The van der Waals surface area contributed by atoms with E-state index >= 15 is 0 Å². The van der Waals surface area contributed by atoms with Crippen molar-refractivity contribution in [1.29, 1.82) is 0 Å². The fourth-order valence-corrected chi connectivity index (χ4v) is 1.55. The van der Waals surface area contributed by atoms with E-state index in [2.05, 4.69) is 11.7 Å². The van der Waals surface area contributed by atoms with Crippen molar-refractivity contribution in [2.24, 2.45) is 5.16 Å². The van der Waals surface area contributed by atoms with E-state index in [1.54, 1.807) is 6.08 Å². The lowest BCUT2D eigenvalue weighted by Gasteiger charge is -1.99. The molecule has 2 nitrogen and oxygen atoms in total. The summed E-state index contributed by atoms with van der Waals surface area (Å²) < 4.78 is 0. The monoisotopic (exact) mass is 207 g/mol. The van der Waals surface area contributed by atoms with Crippen molar-refractivity contribution in [2.75, 3.05) is 0 Å². The molecule has 0 bridgehead atoms. The molecule has 0 amide bonds. The predicted molar refractivity (Wildman–Crippen MR) is 57.7 cm³/mol. The Balaban J connectivity index is 2.21. The van der Waals surface area contributed by atoms with Gasteiger partial charge in [-0.25, -0.2) is 0 Å². The lowest BCUT2D eigenvalue weighted by atomic mass is 10.1. The summed E-state index contributed by atoms with van der Waals surface area (Å²) in [5.74, 6) is 0. The molecule has 0 spiro atoms. The van der Waals surface area contributed by atoms with Crippen LogP contribution in [0.3, 0.4) is 0 Å². The molecule has 72 valence electrons. The summed E-state index contributed by atoms with van der Waals surface area (Å²) in [6, 6.07) is 7.60. The number of rotatable bonds is 2. The second kappa shape index (κ2) is 3.84.